The van der Waals surface area contributed by atoms with E-state index >= 15 is 0 Å². The molecule has 88 valence electrons. The maximum absolute atomic E-state index is 12.3. The summed E-state index contributed by atoms with van der Waals surface area (Å²) in [5, 5.41) is 0. The van der Waals surface area contributed by atoms with Crippen LogP contribution < -0.4 is 21.2 Å². The zero-order chi connectivity index (χ0) is 12.2. The van der Waals surface area contributed by atoms with Crippen LogP contribution in [-0.4, -0.2) is 0 Å². The molecule has 0 saturated heterocycles. The van der Waals surface area contributed by atoms with Gasteiger partial charge in [-0.3, -0.25) is 0 Å². The lowest BCUT2D eigenvalue weighted by Crippen LogP contribution is -3.59. The first-order valence-electron chi connectivity index (χ1n) is 4.89. The van der Waals surface area contributed by atoms with Crippen molar-refractivity contribution in [2.45, 2.75) is 26.4 Å². The second-order valence-corrected chi connectivity index (χ2v) is 5.91. The molecule has 4 heteroatoms. The molecular weight excluding hydrogens is 328 g/mol. The van der Waals surface area contributed by atoms with E-state index in [4.69, 9.17) is 0 Å². The number of hydrogen-bond acceptors (Lipinski definition) is 0. The molecule has 0 N–H and O–H groups in total. The molecule has 0 spiro atoms. The van der Waals surface area contributed by atoms with Gasteiger partial charge in [0, 0.05) is 0 Å². The van der Waals surface area contributed by atoms with E-state index in [9.17, 15) is 13.2 Å². The van der Waals surface area contributed by atoms with Gasteiger partial charge in [0.05, 0.1) is 5.56 Å². The summed E-state index contributed by atoms with van der Waals surface area (Å²) in [5.41, 5.74) is 0.726. The smallest absolute Gasteiger partial charge is 0.166 e. The molecule has 0 aliphatic rings. The first-order valence-corrected chi connectivity index (χ1v) is 7.22. The van der Waals surface area contributed by atoms with Crippen molar-refractivity contribution in [2.24, 2.45) is 0 Å². The van der Waals surface area contributed by atoms with E-state index in [1.54, 1.807) is 12.1 Å². The minimum Gasteiger partial charge on any atom is -0.166 e. The Hall–Kier alpha value is -0.520. The van der Waals surface area contributed by atoms with Crippen LogP contribution in [0.1, 0.15) is 25.8 Å². The molecule has 0 aliphatic heterocycles. The van der Waals surface area contributed by atoms with E-state index in [0.717, 1.165) is 22.1 Å². The van der Waals surface area contributed by atoms with Crippen LogP contribution in [0.25, 0.3) is 0 Å². The molecule has 0 unspecified atom stereocenters. The predicted molar refractivity (Wildman–Crippen MR) is 54.2 cm³/mol. The molecular formula is C12H13F3I+. The van der Waals surface area contributed by atoms with Gasteiger partial charge in [-0.2, -0.15) is 13.2 Å². The maximum atomic E-state index is 12.3. The Bertz CT molecular complexity index is 363. The summed E-state index contributed by atoms with van der Waals surface area (Å²) in [6.07, 6.45) is -3.23. The Morgan fingerprint density at radius 2 is 1.81 bits per heavy atom. The zero-order valence-electron chi connectivity index (χ0n) is 9.11. The average Bonchev–Trinajstić information content (AvgIpc) is 2.25. The van der Waals surface area contributed by atoms with Gasteiger partial charge in [-0.15, -0.1) is 0 Å². The minimum absolute atomic E-state index is 0.299. The molecule has 0 bridgehead atoms. The van der Waals surface area contributed by atoms with Gasteiger partial charge in [0.1, 0.15) is 0 Å². The monoisotopic (exact) mass is 341 g/mol. The minimum atomic E-state index is -4.23. The molecule has 0 heterocycles. The van der Waals surface area contributed by atoms with Crippen molar-refractivity contribution < 1.29 is 34.4 Å². The van der Waals surface area contributed by atoms with Crippen molar-refractivity contribution in [3.8, 4) is 0 Å². The highest BCUT2D eigenvalue weighted by Crippen LogP contribution is 2.28. The summed E-state index contributed by atoms with van der Waals surface area (Å²) in [6, 6.07) is 5.47. The summed E-state index contributed by atoms with van der Waals surface area (Å²) >= 11 is -0.299. The van der Waals surface area contributed by atoms with E-state index in [-0.39, 0.29) is 21.2 Å². The van der Waals surface area contributed by atoms with Crippen molar-refractivity contribution in [3.05, 3.63) is 43.1 Å². The fraction of sp³-hybridized carbons (Fsp3) is 0.333. The Kier molecular flexibility index (Phi) is 4.83. The van der Waals surface area contributed by atoms with Gasteiger partial charge in [0.15, 0.2) is 7.65 Å². The third-order valence-electron chi connectivity index (χ3n) is 2.10. The van der Waals surface area contributed by atoms with Crippen LogP contribution in [0.4, 0.5) is 13.2 Å². The van der Waals surface area contributed by atoms with Crippen molar-refractivity contribution in [1.82, 2.24) is 0 Å². The Morgan fingerprint density at radius 3 is 2.25 bits per heavy atom. The van der Waals surface area contributed by atoms with Gasteiger partial charge in [-0.25, -0.2) is 0 Å². The molecule has 0 atom stereocenters. The fourth-order valence-corrected chi connectivity index (χ4v) is 3.05. The van der Waals surface area contributed by atoms with Crippen LogP contribution in [0, 0.1) is 3.57 Å². The first kappa shape index (κ1) is 13.5. The van der Waals surface area contributed by atoms with Crippen LogP contribution in [0.2, 0.25) is 0 Å². The maximum Gasteiger partial charge on any atom is 0.416 e. The van der Waals surface area contributed by atoms with Crippen molar-refractivity contribution in [2.75, 3.05) is 0 Å². The Labute approximate surface area is 104 Å². The molecule has 0 aliphatic carbocycles. The standard InChI is InChI=1S/C12H13F3I/c1-3-9(2)8-16-11-6-4-10(5-7-11)12(13,14)15/h4-8H,3H2,1-2H3/q+1/b9-8+. The van der Waals surface area contributed by atoms with Crippen molar-refractivity contribution >= 4 is 0 Å². The number of rotatable bonds is 3. The molecule has 0 fully saturated rings. The number of halogens is 4. The molecule has 1 aromatic carbocycles. The average molecular weight is 341 g/mol. The van der Waals surface area contributed by atoms with E-state index < -0.39 is 11.7 Å². The van der Waals surface area contributed by atoms with E-state index in [0.29, 0.717) is 0 Å². The van der Waals surface area contributed by atoms with Gasteiger partial charge in [-0.05, 0) is 43.2 Å². The largest absolute Gasteiger partial charge is 0.416 e. The summed E-state index contributed by atoms with van der Waals surface area (Å²) in [5.74, 6) is 0. The van der Waals surface area contributed by atoms with Gasteiger partial charge in [0.25, 0.3) is 0 Å². The zero-order valence-corrected chi connectivity index (χ0v) is 11.3. The molecule has 16 heavy (non-hydrogen) atoms. The summed E-state index contributed by atoms with van der Waals surface area (Å²) in [6.45, 7) is 4.12. The normalized spacial score (nSPS) is 12.9. The van der Waals surface area contributed by atoms with Crippen molar-refractivity contribution in [3.63, 3.8) is 0 Å². The van der Waals surface area contributed by atoms with Crippen LogP contribution in [0.15, 0.2) is 33.9 Å². The quantitative estimate of drug-likeness (QED) is 0.727. The Morgan fingerprint density at radius 1 is 1.25 bits per heavy atom. The van der Waals surface area contributed by atoms with E-state index in [1.807, 2.05) is 6.92 Å². The third kappa shape index (κ3) is 4.15. The van der Waals surface area contributed by atoms with Crippen LogP contribution in [-0.2, 0) is 6.18 Å². The highest BCUT2D eigenvalue weighted by atomic mass is 127. The van der Waals surface area contributed by atoms with E-state index in [2.05, 4.69) is 11.0 Å². The summed E-state index contributed by atoms with van der Waals surface area (Å²) < 4.78 is 40.0. The lowest BCUT2D eigenvalue weighted by atomic mass is 10.2. The SMILES string of the molecule is CC/C(C)=C/[I+]c1ccc(C(F)(F)F)cc1. The third-order valence-corrected chi connectivity index (χ3v) is 4.91. The molecule has 0 amide bonds. The molecule has 0 aromatic heterocycles. The fourth-order valence-electron chi connectivity index (χ4n) is 0.945. The highest BCUT2D eigenvalue weighted by molar-refractivity contribution is 5.17. The van der Waals surface area contributed by atoms with Gasteiger partial charge in [0.2, 0.25) is 0 Å². The molecule has 1 rings (SSSR count). The first-order chi connectivity index (χ1) is 7.43. The molecule has 0 nitrogen and oxygen atoms in total. The number of hydrogen-bond donors (Lipinski definition) is 0. The highest BCUT2D eigenvalue weighted by Gasteiger charge is 2.30. The van der Waals surface area contributed by atoms with E-state index in [1.165, 1.54) is 5.57 Å². The van der Waals surface area contributed by atoms with Crippen LogP contribution in [0.3, 0.4) is 0 Å². The lowest BCUT2D eigenvalue weighted by Gasteiger charge is -2.04. The number of allylic oxidation sites excluding steroid dienone is 1. The molecule has 1 aromatic rings. The van der Waals surface area contributed by atoms with Crippen LogP contribution >= 0.6 is 0 Å². The molecule has 0 saturated carbocycles. The van der Waals surface area contributed by atoms with Gasteiger partial charge < -0.3 is 0 Å². The topological polar surface area (TPSA) is 0 Å². The summed E-state index contributed by atoms with van der Waals surface area (Å²) in [4.78, 5) is 0. The molecule has 0 radical (unpaired) electrons. The van der Waals surface area contributed by atoms with Gasteiger partial charge in [-0.1, -0.05) is 6.92 Å². The number of benzene rings is 1. The van der Waals surface area contributed by atoms with Crippen molar-refractivity contribution in [1.29, 1.82) is 0 Å². The Balaban J connectivity index is 2.73. The summed E-state index contributed by atoms with van der Waals surface area (Å²) in [7, 11) is 0. The van der Waals surface area contributed by atoms with Gasteiger partial charge >= 0.3 is 27.4 Å². The second kappa shape index (κ2) is 5.70. The number of alkyl halides is 3. The second-order valence-electron chi connectivity index (χ2n) is 3.42. The predicted octanol–water partition coefficient (Wildman–Crippen LogP) is 1.28. The lowest BCUT2D eigenvalue weighted by molar-refractivity contribution is -0.557. The van der Waals surface area contributed by atoms with Crippen LogP contribution in [0.5, 0.6) is 0 Å².